The molecule has 0 radical (unpaired) electrons. The maximum Gasteiger partial charge on any atom is 0.222 e. The zero-order chi connectivity index (χ0) is 8.69. The second kappa shape index (κ2) is 5.71. The number of nitrogens with one attached hydrogen (secondary N) is 1. The van der Waals surface area contributed by atoms with E-state index >= 15 is 0 Å². The molecule has 0 aliphatic rings. The van der Waals surface area contributed by atoms with E-state index in [-0.39, 0.29) is 11.8 Å². The van der Waals surface area contributed by atoms with Crippen molar-refractivity contribution in [1.82, 2.24) is 5.32 Å². The fourth-order valence-electron chi connectivity index (χ4n) is 0.528. The molecule has 1 amide bonds. The van der Waals surface area contributed by atoms with Crippen molar-refractivity contribution in [3.8, 4) is 0 Å². The molecule has 1 N–H and O–H groups in total. The molecule has 0 bridgehead atoms. The van der Waals surface area contributed by atoms with Crippen molar-refractivity contribution in [3.63, 3.8) is 0 Å². The highest BCUT2D eigenvalue weighted by Gasteiger charge is 2.02. The van der Waals surface area contributed by atoms with Crippen LogP contribution in [0.15, 0.2) is 24.8 Å². The van der Waals surface area contributed by atoms with E-state index in [4.69, 9.17) is 0 Å². The van der Waals surface area contributed by atoms with E-state index in [2.05, 4.69) is 11.9 Å². The van der Waals surface area contributed by atoms with E-state index in [0.29, 0.717) is 6.54 Å². The molecule has 0 aromatic heterocycles. The Morgan fingerprint density at radius 1 is 1.64 bits per heavy atom. The van der Waals surface area contributed by atoms with Gasteiger partial charge in [0.05, 0.1) is 0 Å². The first kappa shape index (κ1) is 9.95. The molecule has 0 saturated heterocycles. The Morgan fingerprint density at radius 2 is 2.27 bits per heavy atom. The Bertz CT molecular complexity index is 159. The van der Waals surface area contributed by atoms with Gasteiger partial charge in [-0.3, -0.25) is 4.79 Å². The third-order valence-corrected chi connectivity index (χ3v) is 1.19. The summed E-state index contributed by atoms with van der Waals surface area (Å²) in [5.74, 6) is 0.144. The summed E-state index contributed by atoms with van der Waals surface area (Å²) in [6, 6.07) is 0. The Balaban J connectivity index is 3.46. The fraction of sp³-hybridized carbons (Fsp3) is 0.444. The Hall–Kier alpha value is -1.05. The van der Waals surface area contributed by atoms with Crippen molar-refractivity contribution in [2.24, 2.45) is 5.92 Å². The number of carbonyl (C=O) groups excluding carboxylic acids is 1. The summed E-state index contributed by atoms with van der Waals surface area (Å²) in [6.45, 7) is 7.83. The summed E-state index contributed by atoms with van der Waals surface area (Å²) >= 11 is 0. The summed E-state index contributed by atoms with van der Waals surface area (Å²) in [6.07, 6.45) is 5.34. The molecule has 0 heterocycles. The average Bonchev–Trinajstić information content (AvgIpc) is 1.97. The lowest BCUT2D eigenvalue weighted by Crippen LogP contribution is -2.27. The van der Waals surface area contributed by atoms with Crippen LogP contribution in [0.25, 0.3) is 0 Å². The number of amides is 1. The summed E-state index contributed by atoms with van der Waals surface area (Å²) in [4.78, 5) is 10.9. The van der Waals surface area contributed by atoms with Crippen LogP contribution in [0.3, 0.4) is 0 Å². The lowest BCUT2D eigenvalue weighted by molar-refractivity contribution is -0.123. The predicted molar refractivity (Wildman–Crippen MR) is 47.2 cm³/mol. The third-order valence-electron chi connectivity index (χ3n) is 1.19. The van der Waals surface area contributed by atoms with E-state index in [1.807, 2.05) is 19.9 Å². The topological polar surface area (TPSA) is 29.1 Å². The third kappa shape index (κ3) is 5.40. The monoisotopic (exact) mass is 153 g/mol. The zero-order valence-corrected chi connectivity index (χ0v) is 7.13. The van der Waals surface area contributed by atoms with E-state index in [9.17, 15) is 4.79 Å². The second-order valence-corrected chi connectivity index (χ2v) is 2.56. The van der Waals surface area contributed by atoms with Gasteiger partial charge in [-0.05, 0) is 0 Å². The molecule has 0 aliphatic heterocycles. The summed E-state index contributed by atoms with van der Waals surface area (Å²) in [5, 5.41) is 2.74. The molecule has 2 heteroatoms. The van der Waals surface area contributed by atoms with Gasteiger partial charge in [0.2, 0.25) is 5.91 Å². The molecule has 0 rings (SSSR count). The van der Waals surface area contributed by atoms with Gasteiger partial charge in [-0.25, -0.2) is 0 Å². The Morgan fingerprint density at radius 3 is 2.73 bits per heavy atom. The fourth-order valence-corrected chi connectivity index (χ4v) is 0.528. The number of allylic oxidation sites excluding steroid dienone is 2. The smallest absolute Gasteiger partial charge is 0.222 e. The Kier molecular flexibility index (Phi) is 5.17. The van der Waals surface area contributed by atoms with Gasteiger partial charge < -0.3 is 5.32 Å². The van der Waals surface area contributed by atoms with Gasteiger partial charge in [0.25, 0.3) is 0 Å². The SMILES string of the molecule is C=CC=CCNC(=O)C(C)C. The van der Waals surface area contributed by atoms with Gasteiger partial charge >= 0.3 is 0 Å². The molecule has 0 saturated carbocycles. The molecule has 11 heavy (non-hydrogen) atoms. The maximum absolute atomic E-state index is 10.9. The highest BCUT2D eigenvalue weighted by atomic mass is 16.1. The van der Waals surface area contributed by atoms with Crippen LogP contribution in [0.1, 0.15) is 13.8 Å². The number of hydrogen-bond acceptors (Lipinski definition) is 1. The van der Waals surface area contributed by atoms with Crippen LogP contribution in [-0.4, -0.2) is 12.5 Å². The summed E-state index contributed by atoms with van der Waals surface area (Å²) in [5.41, 5.74) is 0. The molecule has 0 aliphatic carbocycles. The van der Waals surface area contributed by atoms with Crippen molar-refractivity contribution in [2.45, 2.75) is 13.8 Å². The quantitative estimate of drug-likeness (QED) is 0.609. The number of rotatable bonds is 4. The standard InChI is InChI=1S/C9H15NO/c1-4-5-6-7-10-9(11)8(2)3/h4-6,8H,1,7H2,2-3H3,(H,10,11). The lowest BCUT2D eigenvalue weighted by Gasteiger charge is -2.03. The van der Waals surface area contributed by atoms with Crippen molar-refractivity contribution in [2.75, 3.05) is 6.54 Å². The van der Waals surface area contributed by atoms with Gasteiger partial charge in [-0.2, -0.15) is 0 Å². The van der Waals surface area contributed by atoms with E-state index in [0.717, 1.165) is 0 Å². The average molecular weight is 153 g/mol. The Labute approximate surface area is 68.0 Å². The first-order valence-electron chi connectivity index (χ1n) is 3.73. The maximum atomic E-state index is 10.9. The highest BCUT2D eigenvalue weighted by molar-refractivity contribution is 5.77. The molecule has 0 fully saturated rings. The van der Waals surface area contributed by atoms with Crippen LogP contribution in [0.5, 0.6) is 0 Å². The van der Waals surface area contributed by atoms with E-state index in [1.54, 1.807) is 12.2 Å². The van der Waals surface area contributed by atoms with Crippen molar-refractivity contribution < 1.29 is 4.79 Å². The minimum absolute atomic E-state index is 0.0622. The largest absolute Gasteiger partial charge is 0.352 e. The molecule has 0 atom stereocenters. The highest BCUT2D eigenvalue weighted by Crippen LogP contribution is 1.89. The lowest BCUT2D eigenvalue weighted by atomic mass is 10.2. The predicted octanol–water partition coefficient (Wildman–Crippen LogP) is 1.50. The minimum atomic E-state index is 0.0622. The van der Waals surface area contributed by atoms with Crippen LogP contribution < -0.4 is 5.32 Å². The van der Waals surface area contributed by atoms with Crippen molar-refractivity contribution in [3.05, 3.63) is 24.8 Å². The molecular formula is C9H15NO. The van der Waals surface area contributed by atoms with Crippen LogP contribution in [0, 0.1) is 5.92 Å². The van der Waals surface area contributed by atoms with Gasteiger partial charge in [-0.1, -0.05) is 38.7 Å². The molecule has 0 spiro atoms. The summed E-state index contributed by atoms with van der Waals surface area (Å²) < 4.78 is 0. The normalized spacial score (nSPS) is 10.5. The number of hydrogen-bond donors (Lipinski definition) is 1. The van der Waals surface area contributed by atoms with Crippen LogP contribution >= 0.6 is 0 Å². The van der Waals surface area contributed by atoms with E-state index < -0.39 is 0 Å². The molecule has 62 valence electrons. The van der Waals surface area contributed by atoms with Crippen molar-refractivity contribution in [1.29, 1.82) is 0 Å². The van der Waals surface area contributed by atoms with Gasteiger partial charge in [-0.15, -0.1) is 0 Å². The van der Waals surface area contributed by atoms with Gasteiger partial charge in [0.15, 0.2) is 0 Å². The van der Waals surface area contributed by atoms with Gasteiger partial charge in [0, 0.05) is 12.5 Å². The molecular weight excluding hydrogens is 138 g/mol. The molecule has 0 aromatic carbocycles. The molecule has 2 nitrogen and oxygen atoms in total. The van der Waals surface area contributed by atoms with Crippen molar-refractivity contribution >= 4 is 5.91 Å². The molecule has 0 aromatic rings. The van der Waals surface area contributed by atoms with Gasteiger partial charge in [0.1, 0.15) is 0 Å². The first-order chi connectivity index (χ1) is 5.18. The van der Waals surface area contributed by atoms with Crippen LogP contribution in [-0.2, 0) is 4.79 Å². The second-order valence-electron chi connectivity index (χ2n) is 2.56. The van der Waals surface area contributed by atoms with Crippen LogP contribution in [0.4, 0.5) is 0 Å². The molecule has 0 unspecified atom stereocenters. The minimum Gasteiger partial charge on any atom is -0.352 e. The van der Waals surface area contributed by atoms with Crippen LogP contribution in [0.2, 0.25) is 0 Å². The summed E-state index contributed by atoms with van der Waals surface area (Å²) in [7, 11) is 0. The zero-order valence-electron chi connectivity index (χ0n) is 7.13. The number of carbonyl (C=O) groups is 1. The first-order valence-corrected chi connectivity index (χ1v) is 3.73. The van der Waals surface area contributed by atoms with E-state index in [1.165, 1.54) is 0 Å².